The van der Waals surface area contributed by atoms with Gasteiger partial charge in [0.1, 0.15) is 23.2 Å². The summed E-state index contributed by atoms with van der Waals surface area (Å²) in [5, 5.41) is 15.1. The summed E-state index contributed by atoms with van der Waals surface area (Å²) in [6, 6.07) is 11.6. The molecule has 0 aliphatic heterocycles. The quantitative estimate of drug-likeness (QED) is 0.362. The van der Waals surface area contributed by atoms with E-state index in [9.17, 15) is 10.1 Å². The van der Waals surface area contributed by atoms with E-state index in [4.69, 9.17) is 4.42 Å². The van der Waals surface area contributed by atoms with Crippen LogP contribution in [-0.4, -0.2) is 35.2 Å². The highest BCUT2D eigenvalue weighted by molar-refractivity contribution is 5.78. The van der Waals surface area contributed by atoms with Crippen molar-refractivity contribution in [1.82, 2.24) is 9.97 Å². The summed E-state index contributed by atoms with van der Waals surface area (Å²) in [5.74, 6) is 3.29. The molecular formula is C20H22N6O3. The maximum atomic E-state index is 10.9. The lowest BCUT2D eigenvalue weighted by molar-refractivity contribution is -0.384. The van der Waals surface area contributed by atoms with Gasteiger partial charge in [-0.3, -0.25) is 15.5 Å². The maximum Gasteiger partial charge on any atom is 0.270 e. The fourth-order valence-electron chi connectivity index (χ4n) is 2.51. The van der Waals surface area contributed by atoms with E-state index >= 15 is 0 Å². The summed E-state index contributed by atoms with van der Waals surface area (Å²) in [6.45, 7) is 4.06. The number of non-ortho nitro benzene ring substituents is 1. The van der Waals surface area contributed by atoms with Gasteiger partial charge in [-0.05, 0) is 12.1 Å². The van der Waals surface area contributed by atoms with E-state index in [1.807, 2.05) is 32.8 Å². The average Bonchev–Trinajstić information content (AvgIpc) is 3.16. The molecule has 9 nitrogen and oxygen atoms in total. The van der Waals surface area contributed by atoms with E-state index in [-0.39, 0.29) is 11.6 Å². The molecule has 1 aromatic carbocycles. The Morgan fingerprint density at radius 2 is 2.00 bits per heavy atom. The first-order valence-corrected chi connectivity index (χ1v) is 9.03. The number of rotatable bonds is 7. The van der Waals surface area contributed by atoms with Gasteiger partial charge in [0.2, 0.25) is 0 Å². The molecule has 3 rings (SSSR count). The first-order chi connectivity index (χ1) is 13.8. The zero-order valence-corrected chi connectivity index (χ0v) is 16.7. The first-order valence-electron chi connectivity index (χ1n) is 9.03. The number of aromatic nitrogens is 2. The lowest BCUT2D eigenvalue weighted by Gasteiger charge is -2.15. The van der Waals surface area contributed by atoms with Crippen LogP contribution in [0.3, 0.4) is 0 Å². The molecule has 0 aliphatic rings. The third kappa shape index (κ3) is 4.95. The standard InChI is InChI=1S/C20H22N6O3/c1-13(2)20-22-18(11-19(23-20)25(3)4)24-21-12-16-8-9-17(29-16)14-6-5-7-15(10-14)26(27)28/h5-13H,1-4H3,(H,22,23,24)/b21-12+. The fourth-order valence-corrected chi connectivity index (χ4v) is 2.51. The minimum atomic E-state index is -0.437. The highest BCUT2D eigenvalue weighted by Gasteiger charge is 2.11. The zero-order chi connectivity index (χ0) is 21.0. The van der Waals surface area contributed by atoms with Crippen LogP contribution in [0, 0.1) is 10.1 Å². The van der Waals surface area contributed by atoms with Crippen LogP contribution in [0.1, 0.15) is 31.4 Å². The Labute approximate surface area is 168 Å². The Balaban J connectivity index is 1.75. The Bertz CT molecular complexity index is 1020. The Kier molecular flexibility index (Phi) is 5.87. The Hall–Kier alpha value is -3.75. The molecule has 2 heterocycles. The van der Waals surface area contributed by atoms with Gasteiger partial charge in [-0.1, -0.05) is 26.0 Å². The number of benzene rings is 1. The van der Waals surface area contributed by atoms with Gasteiger partial charge in [-0.2, -0.15) is 5.10 Å². The van der Waals surface area contributed by atoms with Gasteiger partial charge < -0.3 is 9.32 Å². The fraction of sp³-hybridized carbons (Fsp3) is 0.250. The van der Waals surface area contributed by atoms with Crippen molar-refractivity contribution in [3.05, 3.63) is 64.2 Å². The van der Waals surface area contributed by atoms with E-state index in [0.717, 1.165) is 11.6 Å². The highest BCUT2D eigenvalue weighted by Crippen LogP contribution is 2.25. The second kappa shape index (κ2) is 8.51. The summed E-state index contributed by atoms with van der Waals surface area (Å²) in [7, 11) is 3.83. The van der Waals surface area contributed by atoms with Crippen molar-refractivity contribution in [3.8, 4) is 11.3 Å². The van der Waals surface area contributed by atoms with E-state index in [0.29, 0.717) is 22.9 Å². The number of anilines is 2. The molecule has 0 radical (unpaired) electrons. The number of hydrazone groups is 1. The summed E-state index contributed by atoms with van der Waals surface area (Å²) in [6.07, 6.45) is 1.52. The monoisotopic (exact) mass is 394 g/mol. The summed E-state index contributed by atoms with van der Waals surface area (Å²) in [5.41, 5.74) is 3.54. The van der Waals surface area contributed by atoms with E-state index in [1.54, 1.807) is 30.3 Å². The van der Waals surface area contributed by atoms with Crippen molar-refractivity contribution in [1.29, 1.82) is 0 Å². The molecule has 150 valence electrons. The molecule has 0 saturated carbocycles. The lowest BCUT2D eigenvalue weighted by Crippen LogP contribution is -2.13. The molecule has 1 N–H and O–H groups in total. The van der Waals surface area contributed by atoms with Crippen LogP contribution in [0.15, 0.2) is 52.0 Å². The predicted octanol–water partition coefficient (Wildman–Crippen LogP) is 4.28. The van der Waals surface area contributed by atoms with E-state index in [2.05, 4.69) is 20.5 Å². The Morgan fingerprint density at radius 3 is 2.69 bits per heavy atom. The molecule has 0 aliphatic carbocycles. The topological polar surface area (TPSA) is 110 Å². The third-order valence-corrected chi connectivity index (χ3v) is 4.04. The van der Waals surface area contributed by atoms with Crippen LogP contribution in [0.2, 0.25) is 0 Å². The summed E-state index contributed by atoms with van der Waals surface area (Å²) >= 11 is 0. The lowest BCUT2D eigenvalue weighted by atomic mass is 10.1. The second-order valence-electron chi connectivity index (χ2n) is 6.90. The van der Waals surface area contributed by atoms with Gasteiger partial charge in [-0.25, -0.2) is 9.97 Å². The minimum Gasteiger partial charge on any atom is -0.455 e. The third-order valence-electron chi connectivity index (χ3n) is 4.04. The molecule has 3 aromatic rings. The van der Waals surface area contributed by atoms with Gasteiger partial charge in [0, 0.05) is 43.8 Å². The number of nitro groups is 1. The normalized spacial score (nSPS) is 11.2. The maximum absolute atomic E-state index is 10.9. The number of hydrogen-bond donors (Lipinski definition) is 1. The molecule has 0 fully saturated rings. The smallest absolute Gasteiger partial charge is 0.270 e. The molecular weight excluding hydrogens is 372 g/mol. The van der Waals surface area contributed by atoms with E-state index < -0.39 is 4.92 Å². The number of hydrogen-bond acceptors (Lipinski definition) is 8. The molecule has 0 unspecified atom stereocenters. The molecule has 0 saturated heterocycles. The van der Waals surface area contributed by atoms with Crippen molar-refractivity contribution in [3.63, 3.8) is 0 Å². The molecule has 0 bridgehead atoms. The predicted molar refractivity (Wildman–Crippen MR) is 112 cm³/mol. The molecule has 2 aromatic heterocycles. The summed E-state index contributed by atoms with van der Waals surface area (Å²) in [4.78, 5) is 21.4. The Morgan fingerprint density at radius 1 is 1.21 bits per heavy atom. The van der Waals surface area contributed by atoms with E-state index in [1.165, 1.54) is 18.3 Å². The molecule has 0 amide bonds. The van der Waals surface area contributed by atoms with Gasteiger partial charge in [0.05, 0.1) is 11.1 Å². The summed E-state index contributed by atoms with van der Waals surface area (Å²) < 4.78 is 5.71. The molecule has 29 heavy (non-hydrogen) atoms. The van der Waals surface area contributed by atoms with Crippen LogP contribution in [0.5, 0.6) is 0 Å². The van der Waals surface area contributed by atoms with Gasteiger partial charge in [0.15, 0.2) is 5.82 Å². The highest BCUT2D eigenvalue weighted by atomic mass is 16.6. The number of nitro benzene ring substituents is 1. The van der Waals surface area contributed by atoms with Crippen molar-refractivity contribution in [2.75, 3.05) is 24.4 Å². The van der Waals surface area contributed by atoms with Crippen LogP contribution >= 0.6 is 0 Å². The number of furan rings is 1. The number of nitrogens with one attached hydrogen (secondary N) is 1. The molecule has 0 atom stereocenters. The average molecular weight is 394 g/mol. The van der Waals surface area contributed by atoms with Crippen molar-refractivity contribution < 1.29 is 9.34 Å². The largest absolute Gasteiger partial charge is 0.455 e. The van der Waals surface area contributed by atoms with Crippen molar-refractivity contribution in [2.24, 2.45) is 5.10 Å². The van der Waals surface area contributed by atoms with Crippen molar-refractivity contribution >= 4 is 23.5 Å². The van der Waals surface area contributed by atoms with Crippen LogP contribution in [0.25, 0.3) is 11.3 Å². The minimum absolute atomic E-state index is 0.0113. The van der Waals surface area contributed by atoms with Crippen LogP contribution in [0.4, 0.5) is 17.3 Å². The second-order valence-corrected chi connectivity index (χ2v) is 6.90. The van der Waals surface area contributed by atoms with Gasteiger partial charge in [0.25, 0.3) is 5.69 Å². The molecule has 9 heteroatoms. The number of nitrogens with zero attached hydrogens (tertiary/aromatic N) is 5. The van der Waals surface area contributed by atoms with Crippen molar-refractivity contribution in [2.45, 2.75) is 19.8 Å². The van der Waals surface area contributed by atoms with Gasteiger partial charge >= 0.3 is 0 Å². The van der Waals surface area contributed by atoms with Crippen LogP contribution < -0.4 is 10.3 Å². The van der Waals surface area contributed by atoms with Crippen LogP contribution in [-0.2, 0) is 0 Å². The first kappa shape index (κ1) is 20.0. The molecule has 0 spiro atoms. The SMILES string of the molecule is CC(C)c1nc(N/N=C/c2ccc(-c3cccc([N+](=O)[O-])c3)o2)cc(N(C)C)n1. The zero-order valence-electron chi connectivity index (χ0n) is 16.7. The van der Waals surface area contributed by atoms with Gasteiger partial charge in [-0.15, -0.1) is 0 Å².